The monoisotopic (exact) mass is 791 g/mol. The van der Waals surface area contributed by atoms with Crippen LogP contribution >= 0.6 is 103 Å². The maximum absolute atomic E-state index is 14.0. The number of hydrogen-bond acceptors (Lipinski definition) is 1. The summed E-state index contributed by atoms with van der Waals surface area (Å²) in [7, 11) is -3.40. The molecule has 0 aliphatic heterocycles. The largest absolute Gasteiger partial charge is 0.352 e. The number of anilines is 3. The highest BCUT2D eigenvalue weighted by Gasteiger charge is 2.25. The second-order valence-electron chi connectivity index (χ2n) is 5.82. The molecule has 4 nitrogen and oxygen atoms in total. The van der Waals surface area contributed by atoms with Crippen molar-refractivity contribution in [2.45, 2.75) is 0 Å². The van der Waals surface area contributed by atoms with E-state index in [2.05, 4.69) is 111 Å². The van der Waals surface area contributed by atoms with Crippen molar-refractivity contribution in [1.82, 2.24) is 0 Å². The van der Waals surface area contributed by atoms with Gasteiger partial charge in [0, 0.05) is 26.8 Å². The summed E-state index contributed by atoms with van der Waals surface area (Å²) in [4.78, 5) is 0. The molecular weight excluding hydrogens is 785 g/mol. The van der Waals surface area contributed by atoms with Crippen LogP contribution in [0.2, 0.25) is 0 Å². The third kappa shape index (κ3) is 6.57. The first-order valence-corrected chi connectivity index (χ1v) is 14.4. The first-order valence-electron chi connectivity index (χ1n) is 7.95. The molecule has 0 aliphatic rings. The number of rotatable bonds is 6. The van der Waals surface area contributed by atoms with Crippen molar-refractivity contribution in [3.05, 3.63) is 81.4 Å². The summed E-state index contributed by atoms with van der Waals surface area (Å²) >= 11 is 20.9. The predicted molar refractivity (Wildman–Crippen MR) is 144 cm³/mol. The van der Waals surface area contributed by atoms with Crippen LogP contribution in [0.25, 0.3) is 0 Å². The average molecular weight is 797 g/mol. The van der Waals surface area contributed by atoms with E-state index in [0.29, 0.717) is 17.1 Å². The van der Waals surface area contributed by atoms with Gasteiger partial charge < -0.3 is 15.3 Å². The van der Waals surface area contributed by atoms with Crippen molar-refractivity contribution in [3.8, 4) is 0 Å². The molecule has 3 aromatic carbocycles. The summed E-state index contributed by atoms with van der Waals surface area (Å²) in [5, 5.41) is 9.40. The first-order chi connectivity index (χ1) is 13.6. The predicted octanol–water partition coefficient (Wildman–Crippen LogP) is 10.0. The van der Waals surface area contributed by atoms with E-state index in [1.807, 2.05) is 54.6 Å². The van der Waals surface area contributed by atoms with Crippen molar-refractivity contribution in [1.29, 1.82) is 0 Å². The van der Waals surface area contributed by atoms with Crippen LogP contribution in [0.5, 0.6) is 0 Å². The van der Waals surface area contributed by atoms with Gasteiger partial charge in [0.1, 0.15) is 0 Å². The second kappa shape index (κ2) is 10.2. The average Bonchev–Trinajstić information content (AvgIpc) is 2.63. The Morgan fingerprint density at radius 2 is 0.793 bits per heavy atom. The van der Waals surface area contributed by atoms with Crippen LogP contribution in [0.15, 0.2) is 81.4 Å². The van der Waals surface area contributed by atoms with Crippen molar-refractivity contribution in [3.63, 3.8) is 0 Å². The Hall–Kier alpha value is 0.170. The molecule has 0 aromatic heterocycles. The maximum atomic E-state index is 14.0. The van der Waals surface area contributed by atoms with Gasteiger partial charge in [0.15, 0.2) is 0 Å². The minimum Gasteiger partial charge on any atom is -0.303 e. The zero-order valence-electron chi connectivity index (χ0n) is 14.3. The van der Waals surface area contributed by atoms with Gasteiger partial charge in [-0.15, -0.1) is 0 Å². The summed E-state index contributed by atoms with van der Waals surface area (Å²) in [5.41, 5.74) is 2.04. The molecule has 0 fully saturated rings. The third-order valence-corrected chi connectivity index (χ3v) is 8.74. The quantitative estimate of drug-likeness (QED) is 0.218. The molecule has 0 aliphatic carbocycles. The molecule has 0 saturated carbocycles. The molecule has 0 heterocycles. The van der Waals surface area contributed by atoms with E-state index in [1.54, 1.807) is 0 Å². The molecule has 0 bridgehead atoms. The molecule has 0 amide bonds. The highest BCUT2D eigenvalue weighted by Crippen LogP contribution is 2.49. The Balaban J connectivity index is 2.00. The number of halogens is 6. The molecular formula is C18H12Br6N3OP. The Bertz CT molecular complexity index is 974. The van der Waals surface area contributed by atoms with Crippen LogP contribution in [0.4, 0.5) is 17.1 Å². The van der Waals surface area contributed by atoms with E-state index in [-0.39, 0.29) is 0 Å². The highest BCUT2D eigenvalue weighted by atomic mass is 79.9. The Labute approximate surface area is 219 Å². The summed E-state index contributed by atoms with van der Waals surface area (Å²) in [5.74, 6) is 0. The van der Waals surface area contributed by atoms with Crippen molar-refractivity contribution in [2.24, 2.45) is 0 Å². The Kier molecular flexibility index (Phi) is 8.37. The van der Waals surface area contributed by atoms with Gasteiger partial charge in [-0.3, -0.25) is 4.57 Å². The molecule has 3 rings (SSSR count). The topological polar surface area (TPSA) is 53.2 Å². The lowest BCUT2D eigenvalue weighted by Gasteiger charge is -2.26. The summed E-state index contributed by atoms with van der Waals surface area (Å²) in [6, 6.07) is 16.8. The molecule has 3 aromatic rings. The Morgan fingerprint density at radius 1 is 0.517 bits per heavy atom. The summed E-state index contributed by atoms with van der Waals surface area (Å²) < 4.78 is 19.1. The molecule has 3 N–H and O–H groups in total. The standard InChI is InChI=1S/C18H12Br6N3OP/c19-10-1-4-16(13(22)7-10)25-29(28,26-17-5-2-11(20)8-14(17)23)27-18-6-3-12(21)9-15(18)24/h1-9H,(H3,25,26,27,28). The van der Waals surface area contributed by atoms with E-state index in [1.165, 1.54) is 0 Å². The lowest BCUT2D eigenvalue weighted by Crippen LogP contribution is -2.15. The number of benzene rings is 3. The van der Waals surface area contributed by atoms with Gasteiger partial charge in [-0.1, -0.05) is 47.8 Å². The summed E-state index contributed by atoms with van der Waals surface area (Å²) in [6.45, 7) is 0. The van der Waals surface area contributed by atoms with Crippen molar-refractivity contribution >= 4 is 120 Å². The van der Waals surface area contributed by atoms with Crippen LogP contribution in [0, 0.1) is 0 Å². The van der Waals surface area contributed by atoms with Crippen LogP contribution in [-0.2, 0) is 4.57 Å². The molecule has 0 atom stereocenters. The van der Waals surface area contributed by atoms with Gasteiger partial charge >= 0.3 is 7.59 Å². The zero-order chi connectivity index (χ0) is 21.2. The van der Waals surface area contributed by atoms with Crippen LogP contribution in [-0.4, -0.2) is 0 Å². The minimum absolute atomic E-state index is 0.679. The molecule has 152 valence electrons. The minimum atomic E-state index is -3.40. The zero-order valence-corrected chi connectivity index (χ0v) is 24.7. The molecule has 0 spiro atoms. The fraction of sp³-hybridized carbons (Fsp3) is 0. The lowest BCUT2D eigenvalue weighted by molar-refractivity contribution is 0.585. The fourth-order valence-corrected chi connectivity index (χ4v) is 8.00. The lowest BCUT2D eigenvalue weighted by atomic mass is 10.3. The van der Waals surface area contributed by atoms with Crippen molar-refractivity contribution in [2.75, 3.05) is 15.3 Å². The molecule has 0 radical (unpaired) electrons. The maximum Gasteiger partial charge on any atom is 0.352 e. The first kappa shape index (κ1) is 23.8. The van der Waals surface area contributed by atoms with Gasteiger partial charge in [0.2, 0.25) is 0 Å². The third-order valence-electron chi connectivity index (χ3n) is 3.63. The highest BCUT2D eigenvalue weighted by molar-refractivity contribution is 9.11. The van der Waals surface area contributed by atoms with Gasteiger partial charge in [-0.05, 0) is 102 Å². The van der Waals surface area contributed by atoms with Gasteiger partial charge in [0.05, 0.1) is 17.1 Å². The van der Waals surface area contributed by atoms with Gasteiger partial charge in [0.25, 0.3) is 0 Å². The van der Waals surface area contributed by atoms with Crippen LogP contribution in [0.3, 0.4) is 0 Å². The van der Waals surface area contributed by atoms with Crippen LogP contribution < -0.4 is 15.3 Å². The molecule has 29 heavy (non-hydrogen) atoms. The summed E-state index contributed by atoms with van der Waals surface area (Å²) in [6.07, 6.45) is 0. The van der Waals surface area contributed by atoms with E-state index < -0.39 is 7.59 Å². The number of nitrogens with one attached hydrogen (secondary N) is 3. The second-order valence-corrected chi connectivity index (χ2v) is 13.0. The Morgan fingerprint density at radius 3 is 1.03 bits per heavy atom. The molecule has 11 heteroatoms. The molecule has 0 saturated heterocycles. The van der Waals surface area contributed by atoms with Crippen LogP contribution in [0.1, 0.15) is 0 Å². The number of hydrogen-bond donors (Lipinski definition) is 3. The van der Waals surface area contributed by atoms with E-state index in [4.69, 9.17) is 0 Å². The normalized spacial score (nSPS) is 11.2. The fourth-order valence-electron chi connectivity index (χ4n) is 2.33. The smallest absolute Gasteiger partial charge is 0.303 e. The molecule has 0 unspecified atom stereocenters. The van der Waals surface area contributed by atoms with Gasteiger partial charge in [-0.25, -0.2) is 0 Å². The van der Waals surface area contributed by atoms with Crippen molar-refractivity contribution < 1.29 is 4.57 Å². The van der Waals surface area contributed by atoms with E-state index >= 15 is 0 Å². The SMILES string of the molecule is O=P(Nc1ccc(Br)cc1Br)(Nc1ccc(Br)cc1Br)Nc1ccc(Br)cc1Br. The van der Waals surface area contributed by atoms with E-state index in [9.17, 15) is 4.57 Å². The van der Waals surface area contributed by atoms with E-state index in [0.717, 1.165) is 26.8 Å². The van der Waals surface area contributed by atoms with Gasteiger partial charge in [-0.2, -0.15) is 0 Å².